The average Bonchev–Trinajstić information content (AvgIpc) is 3.25. The van der Waals surface area contributed by atoms with Gasteiger partial charge in [0.05, 0.1) is 19.5 Å². The van der Waals surface area contributed by atoms with Crippen LogP contribution in [-0.4, -0.2) is 60.9 Å². The monoisotopic (exact) mass is 388 g/mol. The highest BCUT2D eigenvalue weighted by molar-refractivity contribution is 7.98. The molecular formula is C18H20N4O4S. The van der Waals surface area contributed by atoms with Crippen molar-refractivity contribution in [3.05, 3.63) is 48.5 Å². The van der Waals surface area contributed by atoms with E-state index < -0.39 is 24.5 Å². The predicted octanol–water partition coefficient (Wildman–Crippen LogP) is 1.38. The first kappa shape index (κ1) is 18.3. The van der Waals surface area contributed by atoms with Crippen molar-refractivity contribution >= 4 is 22.9 Å². The Hall–Kier alpha value is -2.04. The van der Waals surface area contributed by atoms with Crippen molar-refractivity contribution in [1.29, 1.82) is 0 Å². The molecule has 0 aliphatic carbocycles. The number of hydrogen-bond acceptors (Lipinski definition) is 8. The van der Waals surface area contributed by atoms with Crippen LogP contribution < -0.4 is 0 Å². The summed E-state index contributed by atoms with van der Waals surface area (Å²) in [5.74, 6) is 0. The lowest BCUT2D eigenvalue weighted by molar-refractivity contribution is -0.0682. The van der Waals surface area contributed by atoms with Crippen LogP contribution in [-0.2, 0) is 16.1 Å². The summed E-state index contributed by atoms with van der Waals surface area (Å²) in [6.07, 6.45) is 1.29. The van der Waals surface area contributed by atoms with E-state index in [0.717, 1.165) is 10.6 Å². The molecule has 0 amide bonds. The number of ether oxygens (including phenoxy) is 2. The van der Waals surface area contributed by atoms with Crippen LogP contribution in [0.15, 0.2) is 48.0 Å². The van der Waals surface area contributed by atoms with E-state index in [-0.39, 0.29) is 6.61 Å². The molecule has 142 valence electrons. The third kappa shape index (κ3) is 3.56. The van der Waals surface area contributed by atoms with E-state index in [2.05, 4.69) is 15.0 Å². The van der Waals surface area contributed by atoms with E-state index in [1.807, 2.05) is 36.6 Å². The largest absolute Gasteiger partial charge is 0.387 e. The third-order valence-electron chi connectivity index (χ3n) is 4.52. The molecule has 4 rings (SSSR count). The number of aromatic nitrogens is 4. The van der Waals surface area contributed by atoms with Crippen LogP contribution in [0, 0.1) is 0 Å². The lowest BCUT2D eigenvalue weighted by Crippen LogP contribution is -2.33. The number of aliphatic hydroxyl groups is 2. The summed E-state index contributed by atoms with van der Waals surface area (Å²) in [6.45, 7) is 0.577. The molecule has 8 nitrogen and oxygen atoms in total. The second-order valence-corrected chi connectivity index (χ2v) is 7.05. The number of rotatable bonds is 6. The summed E-state index contributed by atoms with van der Waals surface area (Å²) in [5, 5.41) is 21.6. The topological polar surface area (TPSA) is 103 Å². The minimum absolute atomic E-state index is 0.168. The number of hydrogen-bond donors (Lipinski definition) is 2. The molecule has 27 heavy (non-hydrogen) atoms. The Balaban J connectivity index is 1.47. The van der Waals surface area contributed by atoms with Crippen LogP contribution >= 0.6 is 11.8 Å². The van der Waals surface area contributed by atoms with Gasteiger partial charge in [0.1, 0.15) is 35.2 Å². The Morgan fingerprint density at radius 2 is 1.96 bits per heavy atom. The molecule has 1 aliphatic rings. The highest BCUT2D eigenvalue weighted by Crippen LogP contribution is 2.32. The summed E-state index contributed by atoms with van der Waals surface area (Å²) < 4.78 is 13.2. The van der Waals surface area contributed by atoms with Crippen molar-refractivity contribution in [2.75, 3.05) is 12.9 Å². The van der Waals surface area contributed by atoms with Crippen molar-refractivity contribution in [2.45, 2.75) is 36.2 Å². The van der Waals surface area contributed by atoms with Gasteiger partial charge in [-0.2, -0.15) is 0 Å². The Bertz CT molecular complexity index is 907. The second kappa shape index (κ2) is 7.91. The van der Waals surface area contributed by atoms with Crippen molar-refractivity contribution in [3.8, 4) is 0 Å². The van der Waals surface area contributed by atoms with E-state index in [1.54, 1.807) is 10.9 Å². The third-order valence-corrected chi connectivity index (χ3v) is 5.21. The highest BCUT2D eigenvalue weighted by atomic mass is 32.2. The maximum Gasteiger partial charge on any atom is 0.166 e. The van der Waals surface area contributed by atoms with Crippen LogP contribution in [0.25, 0.3) is 11.2 Å². The molecule has 2 N–H and O–H groups in total. The van der Waals surface area contributed by atoms with Gasteiger partial charge in [-0.1, -0.05) is 30.3 Å². The van der Waals surface area contributed by atoms with Gasteiger partial charge in [-0.05, 0) is 11.8 Å². The van der Waals surface area contributed by atoms with Gasteiger partial charge in [0.15, 0.2) is 11.9 Å². The quantitative estimate of drug-likeness (QED) is 0.482. The summed E-state index contributed by atoms with van der Waals surface area (Å²) in [4.78, 5) is 12.8. The van der Waals surface area contributed by atoms with Crippen molar-refractivity contribution in [2.24, 2.45) is 0 Å². The van der Waals surface area contributed by atoms with Gasteiger partial charge in [-0.15, -0.1) is 11.8 Å². The first-order valence-corrected chi connectivity index (χ1v) is 9.76. The fourth-order valence-electron chi connectivity index (χ4n) is 3.13. The molecule has 4 atom stereocenters. The summed E-state index contributed by atoms with van der Waals surface area (Å²) >= 11 is 1.47. The smallest absolute Gasteiger partial charge is 0.166 e. The molecule has 0 bridgehead atoms. The molecule has 0 spiro atoms. The van der Waals surface area contributed by atoms with Gasteiger partial charge in [0, 0.05) is 0 Å². The Morgan fingerprint density at radius 3 is 2.74 bits per heavy atom. The zero-order valence-corrected chi connectivity index (χ0v) is 15.5. The van der Waals surface area contributed by atoms with Gasteiger partial charge in [0.2, 0.25) is 0 Å². The SMILES string of the molecule is CSc1ncnc2c1ncn2C1OC(COCc2ccccc2)C(O)C1O. The maximum absolute atomic E-state index is 10.5. The number of benzene rings is 1. The summed E-state index contributed by atoms with van der Waals surface area (Å²) in [6, 6.07) is 9.74. The van der Waals surface area contributed by atoms with Gasteiger partial charge >= 0.3 is 0 Å². The fourth-order valence-corrected chi connectivity index (χ4v) is 3.62. The minimum atomic E-state index is -1.11. The van der Waals surface area contributed by atoms with Gasteiger partial charge in [0.25, 0.3) is 0 Å². The Morgan fingerprint density at radius 1 is 1.15 bits per heavy atom. The van der Waals surface area contributed by atoms with Crippen LogP contribution in [0.5, 0.6) is 0 Å². The molecule has 1 saturated heterocycles. The molecular weight excluding hydrogens is 368 g/mol. The number of fused-ring (bicyclic) bond motifs is 1. The molecule has 1 fully saturated rings. The molecule has 0 radical (unpaired) electrons. The number of imidazole rings is 1. The van der Waals surface area contributed by atoms with E-state index in [0.29, 0.717) is 17.8 Å². The Labute approximate surface area is 160 Å². The van der Waals surface area contributed by atoms with Crippen LogP contribution in [0.3, 0.4) is 0 Å². The van der Waals surface area contributed by atoms with E-state index in [9.17, 15) is 10.2 Å². The zero-order valence-electron chi connectivity index (χ0n) is 14.7. The Kier molecular flexibility index (Phi) is 5.37. The predicted molar refractivity (Wildman–Crippen MR) is 99.1 cm³/mol. The van der Waals surface area contributed by atoms with Crippen molar-refractivity contribution in [1.82, 2.24) is 19.5 Å². The van der Waals surface area contributed by atoms with E-state index >= 15 is 0 Å². The van der Waals surface area contributed by atoms with Crippen LogP contribution in [0.2, 0.25) is 0 Å². The summed E-state index contributed by atoms with van der Waals surface area (Å²) in [7, 11) is 0. The fraction of sp³-hybridized carbons (Fsp3) is 0.389. The molecule has 4 unspecified atom stereocenters. The van der Waals surface area contributed by atoms with Gasteiger partial charge in [-0.3, -0.25) is 4.57 Å². The van der Waals surface area contributed by atoms with Crippen LogP contribution in [0.1, 0.15) is 11.8 Å². The zero-order chi connectivity index (χ0) is 18.8. The molecule has 3 aromatic rings. The standard InChI is InChI=1S/C18H20N4O4S/c1-27-17-13-16(19-9-20-17)22(10-21-13)18-15(24)14(23)12(26-18)8-25-7-11-5-3-2-4-6-11/h2-6,9-10,12,14-15,18,23-24H,7-8H2,1H3. The highest BCUT2D eigenvalue weighted by Gasteiger charge is 2.44. The van der Waals surface area contributed by atoms with E-state index in [1.165, 1.54) is 18.1 Å². The first-order valence-electron chi connectivity index (χ1n) is 8.54. The average molecular weight is 388 g/mol. The van der Waals surface area contributed by atoms with E-state index in [4.69, 9.17) is 9.47 Å². The second-order valence-electron chi connectivity index (χ2n) is 6.25. The maximum atomic E-state index is 10.5. The lowest BCUT2D eigenvalue weighted by Gasteiger charge is -2.16. The van der Waals surface area contributed by atoms with Crippen molar-refractivity contribution < 1.29 is 19.7 Å². The van der Waals surface area contributed by atoms with Crippen LogP contribution in [0.4, 0.5) is 0 Å². The molecule has 2 aromatic heterocycles. The lowest BCUT2D eigenvalue weighted by atomic mass is 10.1. The molecule has 0 saturated carbocycles. The van der Waals surface area contributed by atoms with Gasteiger partial charge in [-0.25, -0.2) is 15.0 Å². The summed E-state index contributed by atoms with van der Waals surface area (Å²) in [5.41, 5.74) is 2.22. The normalized spacial score (nSPS) is 25.3. The number of nitrogens with zero attached hydrogens (tertiary/aromatic N) is 4. The molecule has 1 aliphatic heterocycles. The number of thioether (sulfide) groups is 1. The minimum Gasteiger partial charge on any atom is -0.387 e. The molecule has 3 heterocycles. The number of aliphatic hydroxyl groups excluding tert-OH is 2. The van der Waals surface area contributed by atoms with Crippen molar-refractivity contribution in [3.63, 3.8) is 0 Å². The first-order chi connectivity index (χ1) is 13.2. The van der Waals surface area contributed by atoms with Gasteiger partial charge < -0.3 is 19.7 Å². The molecule has 1 aromatic carbocycles. The molecule has 9 heteroatoms.